The molecule has 1 aliphatic heterocycles. The maximum atomic E-state index is 12.6. The van der Waals surface area contributed by atoms with Gasteiger partial charge in [-0.05, 0) is 54.3 Å². The van der Waals surface area contributed by atoms with Crippen LogP contribution in [0.3, 0.4) is 0 Å². The summed E-state index contributed by atoms with van der Waals surface area (Å²) in [5, 5.41) is 13.8. The van der Waals surface area contributed by atoms with Crippen LogP contribution in [0.4, 0.5) is 5.69 Å². The number of ether oxygens (including phenoxy) is 1. The standard InChI is InChI=1S/C20H19BrN2O4/c21-17-3-1-2-16(14-17)20(10-12-27-13-11-20)22-19(24)9-6-15-4-7-18(8-5-15)23(25)26/h1-9,14H,10-13H2,(H,22,24)/b9-6+. The van der Waals surface area contributed by atoms with Crippen molar-refractivity contribution in [3.05, 3.63) is 80.3 Å². The zero-order valence-corrected chi connectivity index (χ0v) is 16.1. The predicted molar refractivity (Wildman–Crippen MR) is 106 cm³/mol. The molecule has 0 aromatic heterocycles. The summed E-state index contributed by atoms with van der Waals surface area (Å²) in [5.74, 6) is -0.213. The Hall–Kier alpha value is -2.51. The van der Waals surface area contributed by atoms with Crippen LogP contribution in [0.15, 0.2) is 59.1 Å². The molecule has 1 N–H and O–H groups in total. The lowest BCUT2D eigenvalue weighted by Crippen LogP contribution is -2.49. The molecule has 1 aliphatic rings. The topological polar surface area (TPSA) is 81.5 Å². The molecular weight excluding hydrogens is 412 g/mol. The quantitative estimate of drug-likeness (QED) is 0.437. The first-order valence-electron chi connectivity index (χ1n) is 8.57. The highest BCUT2D eigenvalue weighted by Gasteiger charge is 2.35. The number of benzene rings is 2. The fourth-order valence-corrected chi connectivity index (χ4v) is 3.55. The monoisotopic (exact) mass is 430 g/mol. The van der Waals surface area contributed by atoms with Gasteiger partial charge in [-0.1, -0.05) is 28.1 Å². The number of nitro benzene ring substituents is 1. The summed E-state index contributed by atoms with van der Waals surface area (Å²) in [5.41, 5.74) is 1.31. The van der Waals surface area contributed by atoms with E-state index in [1.807, 2.05) is 24.3 Å². The number of nitrogens with one attached hydrogen (secondary N) is 1. The summed E-state index contributed by atoms with van der Waals surface area (Å²) in [6.45, 7) is 1.16. The van der Waals surface area contributed by atoms with Crippen LogP contribution in [0, 0.1) is 10.1 Å². The Kier molecular flexibility index (Phi) is 6.03. The molecule has 1 amide bonds. The number of carbonyl (C=O) groups is 1. The summed E-state index contributed by atoms with van der Waals surface area (Å²) < 4.78 is 6.44. The van der Waals surface area contributed by atoms with Gasteiger partial charge in [0, 0.05) is 35.9 Å². The number of halogens is 1. The molecular formula is C20H19BrN2O4. The zero-order chi connectivity index (χ0) is 19.3. The van der Waals surface area contributed by atoms with E-state index in [9.17, 15) is 14.9 Å². The zero-order valence-electron chi connectivity index (χ0n) is 14.6. The third kappa shape index (κ3) is 4.81. The van der Waals surface area contributed by atoms with E-state index in [1.165, 1.54) is 18.2 Å². The second kappa shape index (κ2) is 8.45. The van der Waals surface area contributed by atoms with Gasteiger partial charge in [-0.2, -0.15) is 0 Å². The molecule has 0 unspecified atom stereocenters. The average Bonchev–Trinajstić information content (AvgIpc) is 2.67. The van der Waals surface area contributed by atoms with Gasteiger partial charge < -0.3 is 10.1 Å². The van der Waals surface area contributed by atoms with Crippen molar-refractivity contribution in [2.75, 3.05) is 13.2 Å². The molecule has 140 valence electrons. The Morgan fingerprint density at radius 3 is 2.52 bits per heavy atom. The smallest absolute Gasteiger partial charge is 0.269 e. The van der Waals surface area contributed by atoms with Crippen LogP contribution in [0.5, 0.6) is 0 Å². The largest absolute Gasteiger partial charge is 0.381 e. The van der Waals surface area contributed by atoms with Crippen molar-refractivity contribution in [3.8, 4) is 0 Å². The van der Waals surface area contributed by atoms with Crippen LogP contribution >= 0.6 is 15.9 Å². The van der Waals surface area contributed by atoms with Gasteiger partial charge in [0.2, 0.25) is 5.91 Å². The normalized spacial score (nSPS) is 16.2. The first kappa shape index (κ1) is 19.3. The van der Waals surface area contributed by atoms with Gasteiger partial charge in [0.1, 0.15) is 0 Å². The fourth-order valence-electron chi connectivity index (χ4n) is 3.15. The molecule has 1 saturated heterocycles. The number of amides is 1. The molecule has 7 heteroatoms. The maximum absolute atomic E-state index is 12.6. The average molecular weight is 431 g/mol. The number of hydrogen-bond acceptors (Lipinski definition) is 4. The third-order valence-electron chi connectivity index (χ3n) is 4.62. The molecule has 0 atom stereocenters. The summed E-state index contributed by atoms with van der Waals surface area (Å²) in [4.78, 5) is 22.8. The second-order valence-corrected chi connectivity index (χ2v) is 7.29. The van der Waals surface area contributed by atoms with E-state index in [0.717, 1.165) is 15.6 Å². The van der Waals surface area contributed by atoms with E-state index in [0.29, 0.717) is 26.1 Å². The maximum Gasteiger partial charge on any atom is 0.269 e. The first-order chi connectivity index (χ1) is 13.0. The molecule has 2 aromatic carbocycles. The minimum Gasteiger partial charge on any atom is -0.381 e. The van der Waals surface area contributed by atoms with Crippen molar-refractivity contribution >= 4 is 33.6 Å². The highest BCUT2D eigenvalue weighted by atomic mass is 79.9. The van der Waals surface area contributed by atoms with Gasteiger partial charge in [0.25, 0.3) is 5.69 Å². The number of rotatable bonds is 5. The van der Waals surface area contributed by atoms with Gasteiger partial charge in [0.05, 0.1) is 10.5 Å². The van der Waals surface area contributed by atoms with Crippen molar-refractivity contribution in [2.24, 2.45) is 0 Å². The molecule has 27 heavy (non-hydrogen) atoms. The lowest BCUT2D eigenvalue weighted by Gasteiger charge is -2.38. The van der Waals surface area contributed by atoms with E-state index >= 15 is 0 Å². The molecule has 1 heterocycles. The number of carbonyl (C=O) groups excluding carboxylic acids is 1. The van der Waals surface area contributed by atoms with Gasteiger partial charge in [-0.25, -0.2) is 0 Å². The Bertz CT molecular complexity index is 859. The van der Waals surface area contributed by atoms with Crippen molar-refractivity contribution in [1.82, 2.24) is 5.32 Å². The van der Waals surface area contributed by atoms with Crippen LogP contribution < -0.4 is 5.32 Å². The van der Waals surface area contributed by atoms with E-state index < -0.39 is 10.5 Å². The molecule has 1 fully saturated rings. The van der Waals surface area contributed by atoms with Gasteiger partial charge >= 0.3 is 0 Å². The predicted octanol–water partition coefficient (Wildman–Crippen LogP) is 4.19. The highest BCUT2D eigenvalue weighted by molar-refractivity contribution is 9.10. The molecule has 0 saturated carbocycles. The van der Waals surface area contributed by atoms with Crippen LogP contribution in [-0.4, -0.2) is 24.0 Å². The summed E-state index contributed by atoms with van der Waals surface area (Å²) in [6, 6.07) is 14.0. The summed E-state index contributed by atoms with van der Waals surface area (Å²) in [7, 11) is 0. The summed E-state index contributed by atoms with van der Waals surface area (Å²) in [6.07, 6.45) is 4.49. The van der Waals surface area contributed by atoms with Crippen molar-refractivity contribution in [3.63, 3.8) is 0 Å². The Morgan fingerprint density at radius 2 is 1.89 bits per heavy atom. The van der Waals surface area contributed by atoms with E-state index in [1.54, 1.807) is 18.2 Å². The van der Waals surface area contributed by atoms with E-state index in [4.69, 9.17) is 4.74 Å². The molecule has 3 rings (SSSR count). The van der Waals surface area contributed by atoms with Gasteiger partial charge in [-0.15, -0.1) is 0 Å². The van der Waals surface area contributed by atoms with Gasteiger partial charge in [-0.3, -0.25) is 14.9 Å². The number of nitrogens with zero attached hydrogens (tertiary/aromatic N) is 1. The van der Waals surface area contributed by atoms with Crippen LogP contribution in [-0.2, 0) is 15.1 Å². The van der Waals surface area contributed by atoms with Crippen LogP contribution in [0.1, 0.15) is 24.0 Å². The molecule has 0 spiro atoms. The van der Waals surface area contributed by atoms with E-state index in [2.05, 4.69) is 21.2 Å². The Labute approximate surface area is 165 Å². The van der Waals surface area contributed by atoms with Crippen molar-refractivity contribution in [1.29, 1.82) is 0 Å². The Balaban J connectivity index is 1.75. The lowest BCUT2D eigenvalue weighted by atomic mass is 9.82. The minimum absolute atomic E-state index is 0.0208. The minimum atomic E-state index is -0.473. The molecule has 0 radical (unpaired) electrons. The highest BCUT2D eigenvalue weighted by Crippen LogP contribution is 2.33. The fraction of sp³-hybridized carbons (Fsp3) is 0.250. The van der Waals surface area contributed by atoms with Gasteiger partial charge in [0.15, 0.2) is 0 Å². The molecule has 6 nitrogen and oxygen atoms in total. The summed E-state index contributed by atoms with van der Waals surface area (Å²) >= 11 is 3.49. The molecule has 0 bridgehead atoms. The third-order valence-corrected chi connectivity index (χ3v) is 5.11. The Morgan fingerprint density at radius 1 is 1.19 bits per heavy atom. The molecule has 0 aliphatic carbocycles. The number of hydrogen-bond donors (Lipinski definition) is 1. The second-order valence-electron chi connectivity index (χ2n) is 6.38. The number of non-ortho nitro benzene ring substituents is 1. The van der Waals surface area contributed by atoms with E-state index in [-0.39, 0.29) is 11.6 Å². The SMILES string of the molecule is O=C(/C=C/c1ccc([N+](=O)[O-])cc1)NC1(c2cccc(Br)c2)CCOCC1. The molecule has 2 aromatic rings. The van der Waals surface area contributed by atoms with Crippen molar-refractivity contribution in [2.45, 2.75) is 18.4 Å². The van der Waals surface area contributed by atoms with Crippen molar-refractivity contribution < 1.29 is 14.5 Å². The number of nitro groups is 1. The lowest BCUT2D eigenvalue weighted by molar-refractivity contribution is -0.384. The van der Waals surface area contributed by atoms with Crippen LogP contribution in [0.25, 0.3) is 6.08 Å². The first-order valence-corrected chi connectivity index (χ1v) is 9.36. The van der Waals surface area contributed by atoms with Crippen LogP contribution in [0.2, 0.25) is 0 Å².